The zero-order valence-electron chi connectivity index (χ0n) is 6.52. The van der Waals surface area contributed by atoms with Crippen molar-refractivity contribution in [3.63, 3.8) is 0 Å². The van der Waals surface area contributed by atoms with Crippen molar-refractivity contribution in [2.75, 3.05) is 20.6 Å². The molecule has 56 valence electrons. The van der Waals surface area contributed by atoms with Gasteiger partial charge in [0.1, 0.15) is 0 Å². The predicted molar refractivity (Wildman–Crippen MR) is 40.0 cm³/mol. The van der Waals surface area contributed by atoms with Crippen molar-refractivity contribution in [2.24, 2.45) is 5.73 Å². The topological polar surface area (TPSA) is 41.3 Å². The molecule has 0 aliphatic rings. The third-order valence-electron chi connectivity index (χ3n) is 1.19. The van der Waals surface area contributed by atoms with Gasteiger partial charge in [-0.25, -0.2) is 0 Å². The number of hydrogen-bond donors (Lipinski definition) is 2. The first-order chi connectivity index (χ1) is 4.16. The minimum atomic E-state index is 0.285. The zero-order chi connectivity index (χ0) is 7.28. The maximum Gasteiger partial charge on any atom is 0.0254 e. The van der Waals surface area contributed by atoms with E-state index < -0.39 is 0 Å². The molecular formula is C6H17N3. The summed E-state index contributed by atoms with van der Waals surface area (Å²) < 4.78 is 0. The summed E-state index contributed by atoms with van der Waals surface area (Å²) in [5.41, 5.74) is 8.74. The van der Waals surface area contributed by atoms with Crippen molar-refractivity contribution in [1.82, 2.24) is 10.4 Å². The zero-order valence-corrected chi connectivity index (χ0v) is 6.52. The number of nitrogens with one attached hydrogen (secondary N) is 1. The Morgan fingerprint density at radius 1 is 1.56 bits per heavy atom. The fraction of sp³-hybridized carbons (Fsp3) is 1.00. The van der Waals surface area contributed by atoms with E-state index in [0.29, 0.717) is 0 Å². The van der Waals surface area contributed by atoms with Crippen LogP contribution in [0.15, 0.2) is 0 Å². The molecule has 0 amide bonds. The van der Waals surface area contributed by atoms with Crippen LogP contribution in [0.25, 0.3) is 0 Å². The first-order valence-electron chi connectivity index (χ1n) is 3.33. The second kappa shape index (κ2) is 4.73. The van der Waals surface area contributed by atoms with Crippen LogP contribution >= 0.6 is 0 Å². The molecule has 1 atom stereocenters. The number of nitrogens with zero attached hydrogens (tertiary/aromatic N) is 1. The normalized spacial score (nSPS) is 14.3. The molecule has 3 nitrogen and oxygen atoms in total. The first kappa shape index (κ1) is 8.88. The first-order valence-corrected chi connectivity index (χ1v) is 3.33. The van der Waals surface area contributed by atoms with Gasteiger partial charge in [0.2, 0.25) is 0 Å². The lowest BCUT2D eigenvalue weighted by Gasteiger charge is -2.14. The van der Waals surface area contributed by atoms with E-state index in [1.165, 1.54) is 0 Å². The fourth-order valence-electron chi connectivity index (χ4n) is 0.444. The SMILES string of the molecule is CCC(N)CNN(C)C. The summed E-state index contributed by atoms with van der Waals surface area (Å²) in [5, 5.41) is 1.91. The second-order valence-electron chi connectivity index (χ2n) is 2.42. The van der Waals surface area contributed by atoms with Crippen molar-refractivity contribution >= 4 is 0 Å². The minimum absolute atomic E-state index is 0.285. The van der Waals surface area contributed by atoms with E-state index in [9.17, 15) is 0 Å². The van der Waals surface area contributed by atoms with Crippen molar-refractivity contribution in [3.8, 4) is 0 Å². The van der Waals surface area contributed by atoms with Crippen LogP contribution in [-0.4, -0.2) is 31.7 Å². The molecule has 9 heavy (non-hydrogen) atoms. The van der Waals surface area contributed by atoms with Gasteiger partial charge in [0.15, 0.2) is 0 Å². The Labute approximate surface area is 57.2 Å². The highest BCUT2D eigenvalue weighted by Gasteiger charge is 1.96. The Morgan fingerprint density at radius 2 is 2.11 bits per heavy atom. The molecule has 0 aromatic rings. The van der Waals surface area contributed by atoms with Crippen LogP contribution < -0.4 is 11.2 Å². The van der Waals surface area contributed by atoms with Crippen LogP contribution in [0.1, 0.15) is 13.3 Å². The number of rotatable bonds is 4. The summed E-state index contributed by atoms with van der Waals surface area (Å²) in [6.07, 6.45) is 1.03. The van der Waals surface area contributed by atoms with Gasteiger partial charge < -0.3 is 5.73 Å². The molecular weight excluding hydrogens is 114 g/mol. The van der Waals surface area contributed by atoms with Gasteiger partial charge in [0, 0.05) is 26.7 Å². The fourth-order valence-corrected chi connectivity index (χ4v) is 0.444. The van der Waals surface area contributed by atoms with Gasteiger partial charge in [-0.3, -0.25) is 10.4 Å². The Kier molecular flexibility index (Phi) is 4.67. The average molecular weight is 131 g/mol. The summed E-state index contributed by atoms with van der Waals surface area (Å²) in [6, 6.07) is 0.285. The van der Waals surface area contributed by atoms with Crippen LogP contribution in [0.3, 0.4) is 0 Å². The van der Waals surface area contributed by atoms with Crippen molar-refractivity contribution in [1.29, 1.82) is 0 Å². The van der Waals surface area contributed by atoms with Crippen molar-refractivity contribution < 1.29 is 0 Å². The van der Waals surface area contributed by atoms with Crippen LogP contribution in [-0.2, 0) is 0 Å². The lowest BCUT2D eigenvalue weighted by atomic mass is 10.2. The third-order valence-corrected chi connectivity index (χ3v) is 1.19. The summed E-state index contributed by atoms with van der Waals surface area (Å²) in [5.74, 6) is 0. The maximum absolute atomic E-state index is 5.63. The van der Waals surface area contributed by atoms with Crippen LogP contribution in [0.4, 0.5) is 0 Å². The Hall–Kier alpha value is -0.120. The molecule has 0 spiro atoms. The largest absolute Gasteiger partial charge is 0.327 e. The molecule has 0 rings (SSSR count). The van der Waals surface area contributed by atoms with Crippen LogP contribution in [0.2, 0.25) is 0 Å². The van der Waals surface area contributed by atoms with Crippen LogP contribution in [0, 0.1) is 0 Å². The highest BCUT2D eigenvalue weighted by Crippen LogP contribution is 1.81. The number of nitrogens with two attached hydrogens (primary N) is 1. The van der Waals surface area contributed by atoms with Crippen LogP contribution in [0.5, 0.6) is 0 Å². The lowest BCUT2D eigenvalue weighted by molar-refractivity contribution is 0.278. The van der Waals surface area contributed by atoms with Gasteiger partial charge in [0.25, 0.3) is 0 Å². The van der Waals surface area contributed by atoms with Crippen molar-refractivity contribution in [3.05, 3.63) is 0 Å². The standard InChI is InChI=1S/C6H17N3/c1-4-6(7)5-8-9(2)3/h6,8H,4-5,7H2,1-3H3. The van der Waals surface area contributed by atoms with E-state index in [0.717, 1.165) is 13.0 Å². The maximum atomic E-state index is 5.63. The molecule has 1 unspecified atom stereocenters. The molecule has 3 heteroatoms. The summed E-state index contributed by atoms with van der Waals surface area (Å²) >= 11 is 0. The monoisotopic (exact) mass is 131 g/mol. The second-order valence-corrected chi connectivity index (χ2v) is 2.42. The minimum Gasteiger partial charge on any atom is -0.327 e. The number of hydrazine groups is 1. The Morgan fingerprint density at radius 3 is 2.44 bits per heavy atom. The molecule has 0 radical (unpaired) electrons. The highest BCUT2D eigenvalue weighted by molar-refractivity contribution is 4.58. The molecule has 0 saturated carbocycles. The quantitative estimate of drug-likeness (QED) is 0.519. The van der Waals surface area contributed by atoms with E-state index in [1.807, 2.05) is 19.1 Å². The highest BCUT2D eigenvalue weighted by atomic mass is 15.5. The molecule has 0 heterocycles. The smallest absolute Gasteiger partial charge is 0.0254 e. The van der Waals surface area contributed by atoms with Gasteiger partial charge in [-0.05, 0) is 6.42 Å². The van der Waals surface area contributed by atoms with Gasteiger partial charge in [-0.15, -0.1) is 0 Å². The third kappa shape index (κ3) is 5.76. The molecule has 0 aromatic carbocycles. The van der Waals surface area contributed by atoms with Gasteiger partial charge >= 0.3 is 0 Å². The molecule has 0 aromatic heterocycles. The van der Waals surface area contributed by atoms with Crippen molar-refractivity contribution in [2.45, 2.75) is 19.4 Å². The van der Waals surface area contributed by atoms with Gasteiger partial charge in [-0.2, -0.15) is 0 Å². The molecule has 3 N–H and O–H groups in total. The summed E-state index contributed by atoms with van der Waals surface area (Å²) in [4.78, 5) is 0. The van der Waals surface area contributed by atoms with E-state index in [-0.39, 0.29) is 6.04 Å². The van der Waals surface area contributed by atoms with E-state index in [1.54, 1.807) is 0 Å². The lowest BCUT2D eigenvalue weighted by Crippen LogP contribution is -2.40. The van der Waals surface area contributed by atoms with E-state index >= 15 is 0 Å². The molecule has 0 aliphatic carbocycles. The Bertz CT molecular complexity index is 63.3. The summed E-state index contributed by atoms with van der Waals surface area (Å²) in [7, 11) is 3.92. The van der Waals surface area contributed by atoms with E-state index in [4.69, 9.17) is 5.73 Å². The van der Waals surface area contributed by atoms with E-state index in [2.05, 4.69) is 12.3 Å². The molecule has 0 fully saturated rings. The van der Waals surface area contributed by atoms with Gasteiger partial charge in [0.05, 0.1) is 0 Å². The molecule has 0 aliphatic heterocycles. The molecule has 0 bridgehead atoms. The number of hydrogen-bond acceptors (Lipinski definition) is 3. The Balaban J connectivity index is 3.06. The van der Waals surface area contributed by atoms with Gasteiger partial charge in [-0.1, -0.05) is 6.92 Å². The average Bonchev–Trinajstić information content (AvgIpc) is 1.83. The molecule has 0 saturated heterocycles. The predicted octanol–water partition coefficient (Wildman–Crippen LogP) is -0.210. The summed E-state index contributed by atoms with van der Waals surface area (Å²) in [6.45, 7) is 2.95.